The maximum absolute atomic E-state index is 13.5. The van der Waals surface area contributed by atoms with E-state index in [-0.39, 0.29) is 23.5 Å². The van der Waals surface area contributed by atoms with Crippen LogP contribution < -0.4 is 14.2 Å². The Bertz CT molecular complexity index is 1250. The van der Waals surface area contributed by atoms with Crippen LogP contribution in [-0.4, -0.2) is 37.2 Å². The largest absolute Gasteiger partial charge is 0.497 e. The molecule has 0 N–H and O–H groups in total. The van der Waals surface area contributed by atoms with Crippen LogP contribution in [0.2, 0.25) is 5.02 Å². The number of halogens is 1. The van der Waals surface area contributed by atoms with Gasteiger partial charge in [-0.3, -0.25) is 4.79 Å². The average molecular weight is 566 g/mol. The Kier molecular flexibility index (Phi) is 7.26. The number of ether oxygens (including phenoxy) is 3. The first-order chi connectivity index (χ1) is 19.1. The number of benzene rings is 2. The lowest BCUT2D eigenvalue weighted by Gasteiger charge is -2.63. The molecule has 40 heavy (non-hydrogen) atoms. The van der Waals surface area contributed by atoms with Crippen molar-refractivity contribution < 1.29 is 19.0 Å². The Balaban J connectivity index is 1.24. The average Bonchev–Trinajstić information content (AvgIpc) is 3.28. The minimum atomic E-state index is 0.126. The van der Waals surface area contributed by atoms with Gasteiger partial charge in [0.1, 0.15) is 17.2 Å². The Morgan fingerprint density at radius 2 is 1.73 bits per heavy atom. The highest BCUT2D eigenvalue weighted by Gasteiger charge is 2.62. The third-order valence-electron chi connectivity index (χ3n) is 11.4. The van der Waals surface area contributed by atoms with Crippen LogP contribution in [-0.2, 0) is 11.3 Å². The summed E-state index contributed by atoms with van der Waals surface area (Å²) in [5.74, 6) is 5.27. The molecular weight excluding hydrogens is 522 g/mol. The summed E-state index contributed by atoms with van der Waals surface area (Å²) >= 11 is 6.11. The highest BCUT2D eigenvalue weighted by atomic mass is 35.5. The van der Waals surface area contributed by atoms with Crippen molar-refractivity contribution in [2.24, 2.45) is 34.5 Å². The molecular formula is C34H44ClNO4. The molecule has 1 saturated heterocycles. The van der Waals surface area contributed by atoms with Crippen LogP contribution in [0.4, 0.5) is 0 Å². The summed E-state index contributed by atoms with van der Waals surface area (Å²) in [4.78, 5) is 15.7. The van der Waals surface area contributed by atoms with Crippen molar-refractivity contribution in [3.05, 3.63) is 53.1 Å². The SMILES string of the molecule is COc1ccc(CN2C(=O)CC[C@]3(C)C4CC[C@]5(C)CC(Oc6ccc(Cl)cc6)CC5C4[C@@H](C)CC23)c(OC)c1. The molecule has 8 atom stereocenters. The molecule has 216 valence electrons. The van der Waals surface area contributed by atoms with Crippen LogP contribution >= 0.6 is 11.6 Å². The Hall–Kier alpha value is -2.40. The quantitative estimate of drug-likeness (QED) is 0.359. The lowest BCUT2D eigenvalue weighted by atomic mass is 9.45. The van der Waals surface area contributed by atoms with Crippen molar-refractivity contribution in [2.45, 2.75) is 84.4 Å². The lowest BCUT2D eigenvalue weighted by Crippen LogP contribution is -2.63. The summed E-state index contributed by atoms with van der Waals surface area (Å²) in [7, 11) is 3.36. The second kappa shape index (κ2) is 10.5. The monoisotopic (exact) mass is 565 g/mol. The van der Waals surface area contributed by atoms with E-state index in [1.54, 1.807) is 14.2 Å². The summed E-state index contributed by atoms with van der Waals surface area (Å²) in [6, 6.07) is 14.0. The number of amides is 1. The van der Waals surface area contributed by atoms with Gasteiger partial charge in [-0.1, -0.05) is 32.4 Å². The Morgan fingerprint density at radius 3 is 2.45 bits per heavy atom. The molecule has 1 amide bonds. The van der Waals surface area contributed by atoms with E-state index in [2.05, 4.69) is 31.7 Å². The number of hydrogen-bond donors (Lipinski definition) is 0. The first-order valence-electron chi connectivity index (χ1n) is 15.1. The molecule has 0 spiro atoms. The van der Waals surface area contributed by atoms with Crippen molar-refractivity contribution in [1.82, 2.24) is 4.90 Å². The molecule has 0 radical (unpaired) electrons. The van der Waals surface area contributed by atoms with Gasteiger partial charge in [0, 0.05) is 35.7 Å². The highest BCUT2D eigenvalue weighted by molar-refractivity contribution is 6.30. The first kappa shape index (κ1) is 27.8. The molecule has 4 fully saturated rings. The number of piperidine rings is 1. The van der Waals surface area contributed by atoms with Crippen LogP contribution in [0.25, 0.3) is 0 Å². The van der Waals surface area contributed by atoms with Gasteiger partial charge in [-0.05, 0) is 109 Å². The molecule has 6 heteroatoms. The van der Waals surface area contributed by atoms with Crippen molar-refractivity contribution in [2.75, 3.05) is 14.2 Å². The maximum atomic E-state index is 13.5. The van der Waals surface area contributed by atoms with E-state index in [1.165, 1.54) is 12.8 Å². The zero-order valence-corrected chi connectivity index (χ0v) is 25.4. The summed E-state index contributed by atoms with van der Waals surface area (Å²) in [6.07, 6.45) is 7.68. The first-order valence-corrected chi connectivity index (χ1v) is 15.5. The minimum absolute atomic E-state index is 0.126. The summed E-state index contributed by atoms with van der Waals surface area (Å²) in [6.45, 7) is 8.08. The second-order valence-electron chi connectivity index (χ2n) is 13.6. The lowest BCUT2D eigenvalue weighted by molar-refractivity contribution is -0.169. The molecule has 3 aliphatic carbocycles. The molecule has 0 aromatic heterocycles. The maximum Gasteiger partial charge on any atom is 0.223 e. The van der Waals surface area contributed by atoms with Crippen LogP contribution in [0.3, 0.4) is 0 Å². The van der Waals surface area contributed by atoms with Crippen LogP contribution in [0.1, 0.15) is 71.3 Å². The predicted octanol–water partition coefficient (Wildman–Crippen LogP) is 7.78. The fourth-order valence-corrected chi connectivity index (χ4v) is 9.59. The number of methoxy groups -OCH3 is 2. The number of likely N-dealkylation sites (tertiary alicyclic amines) is 1. The van der Waals surface area contributed by atoms with E-state index in [4.69, 9.17) is 25.8 Å². The number of carbonyl (C=O) groups is 1. The topological polar surface area (TPSA) is 48.0 Å². The van der Waals surface area contributed by atoms with Gasteiger partial charge >= 0.3 is 0 Å². The van der Waals surface area contributed by atoms with Crippen molar-refractivity contribution in [3.8, 4) is 17.2 Å². The Morgan fingerprint density at radius 1 is 0.975 bits per heavy atom. The zero-order valence-electron chi connectivity index (χ0n) is 24.6. The fraction of sp³-hybridized carbons (Fsp3) is 0.618. The van der Waals surface area contributed by atoms with Gasteiger partial charge in [-0.2, -0.15) is 0 Å². The molecule has 4 aliphatic rings. The molecule has 5 unspecified atom stereocenters. The van der Waals surface area contributed by atoms with Gasteiger partial charge in [-0.15, -0.1) is 0 Å². The fourth-order valence-electron chi connectivity index (χ4n) is 9.47. The van der Waals surface area contributed by atoms with E-state index in [1.807, 2.05) is 36.4 Å². The minimum Gasteiger partial charge on any atom is -0.497 e. The Labute approximate surface area is 244 Å². The standard InChI is InChI=1S/C34H44ClNO4/c1-21-16-30-34(3,15-13-31(37)36(30)20-22-6-9-25(38-4)18-29(22)39-5)27-12-14-33(2)19-26(17-28(33)32(21)27)40-24-10-7-23(35)8-11-24/h6-11,18,21,26-28,30,32H,12-17,19-20H2,1-5H3/t21-,26?,27?,28?,30?,32?,33+,34+/m0/s1. The van der Waals surface area contributed by atoms with Crippen molar-refractivity contribution >= 4 is 17.5 Å². The van der Waals surface area contributed by atoms with Gasteiger partial charge in [0.2, 0.25) is 5.91 Å². The van der Waals surface area contributed by atoms with Crippen LogP contribution in [0.15, 0.2) is 42.5 Å². The molecule has 3 saturated carbocycles. The van der Waals surface area contributed by atoms with Gasteiger partial charge < -0.3 is 19.1 Å². The van der Waals surface area contributed by atoms with E-state index in [9.17, 15) is 4.79 Å². The number of rotatable bonds is 6. The third kappa shape index (κ3) is 4.66. The van der Waals surface area contributed by atoms with Crippen molar-refractivity contribution in [1.29, 1.82) is 0 Å². The number of fused-ring (bicyclic) bond motifs is 5. The molecule has 1 aliphatic heterocycles. The summed E-state index contributed by atoms with van der Waals surface area (Å²) < 4.78 is 17.7. The predicted molar refractivity (Wildman–Crippen MR) is 158 cm³/mol. The van der Waals surface area contributed by atoms with Crippen molar-refractivity contribution in [3.63, 3.8) is 0 Å². The van der Waals surface area contributed by atoms with Gasteiger partial charge in [0.15, 0.2) is 0 Å². The molecule has 0 bridgehead atoms. The highest BCUT2D eigenvalue weighted by Crippen LogP contribution is 2.66. The van der Waals surface area contributed by atoms with Crippen LogP contribution in [0.5, 0.6) is 17.2 Å². The normalized spacial score (nSPS) is 36.9. The molecule has 2 aromatic carbocycles. The van der Waals surface area contributed by atoms with E-state index in [0.717, 1.165) is 53.5 Å². The smallest absolute Gasteiger partial charge is 0.223 e. The summed E-state index contributed by atoms with van der Waals surface area (Å²) in [5, 5.41) is 0.742. The van der Waals surface area contributed by atoms with E-state index in [0.29, 0.717) is 42.1 Å². The van der Waals surface area contributed by atoms with Gasteiger partial charge in [0.05, 0.1) is 20.3 Å². The van der Waals surface area contributed by atoms with Gasteiger partial charge in [-0.25, -0.2) is 0 Å². The number of carbonyl (C=O) groups excluding carboxylic acids is 1. The number of nitrogens with zero attached hydrogens (tertiary/aromatic N) is 1. The molecule has 1 heterocycles. The van der Waals surface area contributed by atoms with Gasteiger partial charge in [0.25, 0.3) is 0 Å². The molecule has 6 rings (SSSR count). The van der Waals surface area contributed by atoms with E-state index < -0.39 is 0 Å². The summed E-state index contributed by atoms with van der Waals surface area (Å²) in [5.41, 5.74) is 1.49. The number of hydrogen-bond acceptors (Lipinski definition) is 4. The van der Waals surface area contributed by atoms with E-state index >= 15 is 0 Å². The zero-order chi connectivity index (χ0) is 28.2. The molecule has 5 nitrogen and oxygen atoms in total. The second-order valence-corrected chi connectivity index (χ2v) is 14.0. The third-order valence-corrected chi connectivity index (χ3v) is 11.7. The molecule has 2 aromatic rings. The van der Waals surface area contributed by atoms with Crippen LogP contribution in [0, 0.1) is 34.5 Å².